The molecule has 1 atom stereocenters. The molecule has 1 saturated heterocycles. The number of Topliss-reactive ketones (excluding diaryl/α,β-unsaturated/α-hetero) is 1. The van der Waals surface area contributed by atoms with Gasteiger partial charge >= 0.3 is 0 Å². The highest BCUT2D eigenvalue weighted by molar-refractivity contribution is 5.97. The van der Waals surface area contributed by atoms with Crippen LogP contribution in [0.2, 0.25) is 0 Å². The quantitative estimate of drug-likeness (QED) is 0.896. The Balaban J connectivity index is 2.26. The summed E-state index contributed by atoms with van der Waals surface area (Å²) in [7, 11) is 0. The molecule has 0 bridgehead atoms. The number of amides is 1. The fourth-order valence-electron chi connectivity index (χ4n) is 2.84. The van der Waals surface area contributed by atoms with Gasteiger partial charge < -0.3 is 15.1 Å². The van der Waals surface area contributed by atoms with Gasteiger partial charge in [0.1, 0.15) is 17.3 Å². The summed E-state index contributed by atoms with van der Waals surface area (Å²) in [6.07, 6.45) is 4.11. The summed E-state index contributed by atoms with van der Waals surface area (Å²) in [6.45, 7) is 2.13. The first kappa shape index (κ1) is 15.4. The lowest BCUT2D eigenvalue weighted by atomic mass is 10.0. The van der Waals surface area contributed by atoms with Gasteiger partial charge in [-0.25, -0.2) is 0 Å². The number of hydrogen-bond donors (Lipinski definition) is 2. The molecule has 1 amide bonds. The Morgan fingerprint density at radius 2 is 2.00 bits per heavy atom. The van der Waals surface area contributed by atoms with Crippen LogP contribution < -0.4 is 0 Å². The summed E-state index contributed by atoms with van der Waals surface area (Å²) >= 11 is 0. The van der Waals surface area contributed by atoms with Crippen LogP contribution in [0, 0.1) is 0 Å². The highest BCUT2D eigenvalue weighted by atomic mass is 16.3. The van der Waals surface area contributed by atoms with Crippen LogP contribution in [0.3, 0.4) is 0 Å². The molecule has 2 N–H and O–H groups in total. The average Bonchev–Trinajstić information content (AvgIpc) is 2.63. The van der Waals surface area contributed by atoms with E-state index in [-0.39, 0.29) is 34.8 Å². The second-order valence-electron chi connectivity index (χ2n) is 5.61. The average molecular weight is 291 g/mol. The van der Waals surface area contributed by atoms with Gasteiger partial charge in [-0.2, -0.15) is 0 Å². The molecule has 0 radical (unpaired) electrons. The van der Waals surface area contributed by atoms with E-state index in [9.17, 15) is 19.8 Å². The van der Waals surface area contributed by atoms with E-state index in [1.165, 1.54) is 19.1 Å². The summed E-state index contributed by atoms with van der Waals surface area (Å²) in [6, 6.07) is 3.85. The lowest BCUT2D eigenvalue weighted by molar-refractivity contribution is -0.118. The lowest BCUT2D eigenvalue weighted by Gasteiger charge is -2.29. The summed E-state index contributed by atoms with van der Waals surface area (Å²) < 4.78 is 0. The van der Waals surface area contributed by atoms with Gasteiger partial charge in [0.05, 0.1) is 5.56 Å². The van der Waals surface area contributed by atoms with Crippen molar-refractivity contribution in [1.82, 2.24) is 4.90 Å². The minimum atomic E-state index is -0.277. The minimum Gasteiger partial charge on any atom is -0.508 e. The van der Waals surface area contributed by atoms with E-state index in [0.29, 0.717) is 13.0 Å². The Kier molecular flexibility index (Phi) is 4.83. The van der Waals surface area contributed by atoms with E-state index < -0.39 is 0 Å². The first-order chi connectivity index (χ1) is 9.99. The highest BCUT2D eigenvalue weighted by Crippen LogP contribution is 2.27. The molecule has 0 spiro atoms. The Labute approximate surface area is 124 Å². The Hall–Kier alpha value is -2.04. The second-order valence-corrected chi connectivity index (χ2v) is 5.61. The number of benzene rings is 1. The second kappa shape index (κ2) is 6.61. The molecule has 1 fully saturated rings. The number of nitrogens with zero attached hydrogens (tertiary/aromatic N) is 1. The number of aromatic hydroxyl groups is 2. The molecule has 2 rings (SSSR count). The van der Waals surface area contributed by atoms with Crippen molar-refractivity contribution >= 4 is 11.7 Å². The third kappa shape index (κ3) is 3.74. The van der Waals surface area contributed by atoms with Crippen LogP contribution in [0.4, 0.5) is 0 Å². The van der Waals surface area contributed by atoms with Crippen molar-refractivity contribution < 1.29 is 19.8 Å². The van der Waals surface area contributed by atoms with Crippen LogP contribution in [0.15, 0.2) is 18.2 Å². The van der Waals surface area contributed by atoms with Gasteiger partial charge in [0, 0.05) is 25.1 Å². The smallest absolute Gasteiger partial charge is 0.257 e. The van der Waals surface area contributed by atoms with Gasteiger partial charge in [-0.1, -0.05) is 12.8 Å². The van der Waals surface area contributed by atoms with Crippen LogP contribution in [-0.2, 0) is 4.79 Å². The zero-order valence-corrected chi connectivity index (χ0v) is 12.2. The van der Waals surface area contributed by atoms with E-state index >= 15 is 0 Å². The first-order valence-electron chi connectivity index (χ1n) is 7.31. The number of phenolic OH excluding ortho intramolecular Hbond substituents is 2. The molecule has 5 heteroatoms. The van der Waals surface area contributed by atoms with E-state index in [0.717, 1.165) is 31.7 Å². The van der Waals surface area contributed by atoms with Crippen LogP contribution >= 0.6 is 0 Å². The zero-order chi connectivity index (χ0) is 15.4. The molecule has 1 aliphatic rings. The van der Waals surface area contributed by atoms with Crippen molar-refractivity contribution in [3.63, 3.8) is 0 Å². The molecule has 1 heterocycles. The van der Waals surface area contributed by atoms with Crippen molar-refractivity contribution in [3.8, 4) is 11.5 Å². The Bertz CT molecular complexity index is 541. The summed E-state index contributed by atoms with van der Waals surface area (Å²) in [5.74, 6) is -0.527. The molecular formula is C16H21NO4. The molecular weight excluding hydrogens is 270 g/mol. The van der Waals surface area contributed by atoms with E-state index in [1.807, 2.05) is 0 Å². The number of carbonyl (C=O) groups is 2. The standard InChI is InChI=1S/C16H21NO4/c1-11(18)9-12-5-3-2-4-8-17(12)16(21)14-7-6-13(19)10-15(14)20/h6-7,10,12,19-20H,2-5,8-9H2,1H3. The van der Waals surface area contributed by atoms with Crippen molar-refractivity contribution in [2.75, 3.05) is 6.54 Å². The molecule has 1 unspecified atom stereocenters. The van der Waals surface area contributed by atoms with Crippen LogP contribution in [-0.4, -0.2) is 39.4 Å². The Morgan fingerprint density at radius 1 is 1.24 bits per heavy atom. The number of rotatable bonds is 3. The van der Waals surface area contributed by atoms with Crippen LogP contribution in [0.25, 0.3) is 0 Å². The Morgan fingerprint density at radius 3 is 2.67 bits per heavy atom. The number of phenols is 2. The molecule has 114 valence electrons. The molecule has 0 aromatic heterocycles. The topological polar surface area (TPSA) is 77.8 Å². The number of hydrogen-bond acceptors (Lipinski definition) is 4. The molecule has 1 aromatic rings. The van der Waals surface area contributed by atoms with Crippen molar-refractivity contribution in [3.05, 3.63) is 23.8 Å². The largest absolute Gasteiger partial charge is 0.508 e. The molecule has 0 aliphatic carbocycles. The normalized spacial score (nSPS) is 19.1. The number of ketones is 1. The number of carbonyl (C=O) groups excluding carboxylic acids is 2. The monoisotopic (exact) mass is 291 g/mol. The van der Waals surface area contributed by atoms with Crippen LogP contribution in [0.1, 0.15) is 49.4 Å². The van der Waals surface area contributed by atoms with E-state index in [4.69, 9.17) is 0 Å². The predicted octanol–water partition coefficient (Wildman–Crippen LogP) is 2.46. The van der Waals surface area contributed by atoms with E-state index in [2.05, 4.69) is 0 Å². The lowest BCUT2D eigenvalue weighted by Crippen LogP contribution is -2.41. The molecule has 1 aliphatic heterocycles. The maximum absolute atomic E-state index is 12.6. The van der Waals surface area contributed by atoms with Crippen molar-refractivity contribution in [2.24, 2.45) is 0 Å². The third-order valence-corrected chi connectivity index (χ3v) is 3.87. The summed E-state index contributed by atoms with van der Waals surface area (Å²) in [5, 5.41) is 19.2. The fraction of sp³-hybridized carbons (Fsp3) is 0.500. The maximum Gasteiger partial charge on any atom is 0.257 e. The molecule has 5 nitrogen and oxygen atoms in total. The predicted molar refractivity (Wildman–Crippen MR) is 78.4 cm³/mol. The van der Waals surface area contributed by atoms with Gasteiger partial charge in [-0.05, 0) is 31.9 Å². The summed E-state index contributed by atoms with van der Waals surface area (Å²) in [4.78, 5) is 25.8. The molecule has 21 heavy (non-hydrogen) atoms. The van der Waals surface area contributed by atoms with Gasteiger partial charge in [-0.3, -0.25) is 9.59 Å². The third-order valence-electron chi connectivity index (χ3n) is 3.87. The molecule has 1 aromatic carbocycles. The van der Waals surface area contributed by atoms with Gasteiger partial charge in [0.25, 0.3) is 5.91 Å². The maximum atomic E-state index is 12.6. The zero-order valence-electron chi connectivity index (χ0n) is 12.2. The van der Waals surface area contributed by atoms with Crippen molar-refractivity contribution in [1.29, 1.82) is 0 Å². The van der Waals surface area contributed by atoms with E-state index in [1.54, 1.807) is 4.90 Å². The van der Waals surface area contributed by atoms with Crippen molar-refractivity contribution in [2.45, 2.75) is 45.1 Å². The fourth-order valence-corrected chi connectivity index (χ4v) is 2.84. The van der Waals surface area contributed by atoms with Gasteiger partial charge in [0.2, 0.25) is 0 Å². The SMILES string of the molecule is CC(=O)CC1CCCCCN1C(=O)c1ccc(O)cc1O. The summed E-state index contributed by atoms with van der Waals surface area (Å²) in [5.41, 5.74) is 0.170. The molecule has 0 saturated carbocycles. The van der Waals surface area contributed by atoms with Gasteiger partial charge in [-0.15, -0.1) is 0 Å². The van der Waals surface area contributed by atoms with Crippen LogP contribution in [0.5, 0.6) is 11.5 Å². The number of likely N-dealkylation sites (tertiary alicyclic amines) is 1. The highest BCUT2D eigenvalue weighted by Gasteiger charge is 2.28. The minimum absolute atomic E-state index is 0.0645. The van der Waals surface area contributed by atoms with Gasteiger partial charge in [0.15, 0.2) is 0 Å². The first-order valence-corrected chi connectivity index (χ1v) is 7.31.